The lowest BCUT2D eigenvalue weighted by atomic mass is 10.2. The number of carbonyl (C=O) groups excluding carboxylic acids is 1. The Bertz CT molecular complexity index is 449. The van der Waals surface area contributed by atoms with E-state index in [1.165, 1.54) is 12.1 Å². The van der Waals surface area contributed by atoms with E-state index in [9.17, 15) is 9.59 Å². The lowest BCUT2D eigenvalue weighted by Gasteiger charge is -2.08. The van der Waals surface area contributed by atoms with E-state index in [-0.39, 0.29) is 11.5 Å². The molecule has 0 aliphatic carbocycles. The Labute approximate surface area is 113 Å². The number of anilines is 1. The van der Waals surface area contributed by atoms with Crippen LogP contribution in [0.5, 0.6) is 0 Å². The summed E-state index contributed by atoms with van der Waals surface area (Å²) >= 11 is 3.26. The lowest BCUT2D eigenvalue weighted by molar-refractivity contribution is -0.116. The van der Waals surface area contributed by atoms with Gasteiger partial charge < -0.3 is 16.2 Å². The summed E-state index contributed by atoms with van der Waals surface area (Å²) in [5.41, 5.74) is 5.94. The second kappa shape index (κ2) is 7.13. The number of benzene rings is 1. The number of hydrogen-bond donors (Lipinski definition) is 3. The van der Waals surface area contributed by atoms with Crippen molar-refractivity contribution in [3.05, 3.63) is 28.2 Å². The topological polar surface area (TPSA) is 92.4 Å². The Morgan fingerprint density at radius 3 is 2.67 bits per heavy atom. The minimum atomic E-state index is -1.03. The van der Waals surface area contributed by atoms with E-state index in [2.05, 4.69) is 21.2 Å². The standard InChI is InChI=1S/C12H15BrN2O3/c13-9-5-4-8(12(17)18)7-10(9)15-11(16)3-1-2-6-14/h4-5,7H,1-3,6,14H2,(H,15,16)(H,17,18). The van der Waals surface area contributed by atoms with Crippen molar-refractivity contribution in [3.63, 3.8) is 0 Å². The van der Waals surface area contributed by atoms with E-state index < -0.39 is 5.97 Å². The van der Waals surface area contributed by atoms with Crippen molar-refractivity contribution in [2.75, 3.05) is 11.9 Å². The predicted molar refractivity (Wildman–Crippen MR) is 72.6 cm³/mol. The van der Waals surface area contributed by atoms with Crippen molar-refractivity contribution in [1.82, 2.24) is 0 Å². The smallest absolute Gasteiger partial charge is 0.335 e. The molecule has 0 atom stereocenters. The van der Waals surface area contributed by atoms with Gasteiger partial charge in [0.1, 0.15) is 0 Å². The first-order chi connectivity index (χ1) is 8.54. The van der Waals surface area contributed by atoms with Crippen LogP contribution in [0.1, 0.15) is 29.6 Å². The maximum Gasteiger partial charge on any atom is 0.335 e. The van der Waals surface area contributed by atoms with Crippen LogP contribution < -0.4 is 11.1 Å². The van der Waals surface area contributed by atoms with E-state index in [0.717, 1.165) is 12.8 Å². The van der Waals surface area contributed by atoms with E-state index in [1.54, 1.807) is 6.07 Å². The molecule has 0 radical (unpaired) electrons. The molecule has 0 spiro atoms. The lowest BCUT2D eigenvalue weighted by Crippen LogP contribution is -2.13. The Balaban J connectivity index is 2.68. The molecule has 0 aliphatic rings. The van der Waals surface area contributed by atoms with E-state index in [0.29, 0.717) is 23.1 Å². The molecule has 0 aliphatic heterocycles. The van der Waals surface area contributed by atoms with Crippen LogP contribution in [0.2, 0.25) is 0 Å². The van der Waals surface area contributed by atoms with Crippen LogP contribution in [0.15, 0.2) is 22.7 Å². The van der Waals surface area contributed by atoms with Crippen LogP contribution in [0.25, 0.3) is 0 Å². The molecule has 0 saturated carbocycles. The summed E-state index contributed by atoms with van der Waals surface area (Å²) in [6.07, 6.45) is 1.89. The highest BCUT2D eigenvalue weighted by Gasteiger charge is 2.09. The summed E-state index contributed by atoms with van der Waals surface area (Å²) in [6.45, 7) is 0.561. The van der Waals surface area contributed by atoms with Gasteiger partial charge in [-0.25, -0.2) is 4.79 Å². The fraction of sp³-hybridized carbons (Fsp3) is 0.333. The molecule has 6 heteroatoms. The fourth-order valence-corrected chi connectivity index (χ4v) is 1.74. The minimum absolute atomic E-state index is 0.135. The van der Waals surface area contributed by atoms with Gasteiger partial charge in [-0.05, 0) is 53.5 Å². The van der Waals surface area contributed by atoms with Crippen molar-refractivity contribution in [3.8, 4) is 0 Å². The Morgan fingerprint density at radius 1 is 1.33 bits per heavy atom. The number of rotatable bonds is 6. The normalized spacial score (nSPS) is 10.1. The maximum absolute atomic E-state index is 11.6. The molecule has 0 saturated heterocycles. The first-order valence-electron chi connectivity index (χ1n) is 5.57. The van der Waals surface area contributed by atoms with Gasteiger partial charge in [-0.15, -0.1) is 0 Å². The third kappa shape index (κ3) is 4.46. The van der Waals surface area contributed by atoms with Crippen molar-refractivity contribution < 1.29 is 14.7 Å². The van der Waals surface area contributed by atoms with Crippen LogP contribution in [-0.4, -0.2) is 23.5 Å². The second-order valence-electron chi connectivity index (χ2n) is 3.79. The van der Waals surface area contributed by atoms with Crippen LogP contribution in [-0.2, 0) is 4.79 Å². The molecular weight excluding hydrogens is 300 g/mol. The Morgan fingerprint density at radius 2 is 2.06 bits per heavy atom. The first-order valence-corrected chi connectivity index (χ1v) is 6.36. The molecule has 1 aromatic rings. The molecular formula is C12H15BrN2O3. The van der Waals surface area contributed by atoms with Gasteiger partial charge in [0, 0.05) is 10.9 Å². The molecule has 98 valence electrons. The summed E-state index contributed by atoms with van der Waals surface area (Å²) in [5.74, 6) is -1.17. The van der Waals surface area contributed by atoms with Gasteiger partial charge in [-0.2, -0.15) is 0 Å². The van der Waals surface area contributed by atoms with Gasteiger partial charge in [0.2, 0.25) is 5.91 Å². The third-order valence-electron chi connectivity index (χ3n) is 2.35. The van der Waals surface area contributed by atoms with Crippen LogP contribution >= 0.6 is 15.9 Å². The zero-order valence-corrected chi connectivity index (χ0v) is 11.4. The van der Waals surface area contributed by atoms with E-state index >= 15 is 0 Å². The minimum Gasteiger partial charge on any atom is -0.478 e. The fourth-order valence-electron chi connectivity index (χ4n) is 1.40. The van der Waals surface area contributed by atoms with Gasteiger partial charge in [0.05, 0.1) is 11.3 Å². The average molecular weight is 315 g/mol. The summed E-state index contributed by atoms with van der Waals surface area (Å²) in [4.78, 5) is 22.4. The molecule has 0 fully saturated rings. The maximum atomic E-state index is 11.6. The molecule has 1 amide bonds. The molecule has 0 bridgehead atoms. The number of carbonyl (C=O) groups is 2. The highest BCUT2D eigenvalue weighted by molar-refractivity contribution is 9.10. The number of aromatic carboxylic acids is 1. The van der Waals surface area contributed by atoms with Gasteiger partial charge in [-0.3, -0.25) is 4.79 Å². The number of nitrogens with two attached hydrogens (primary N) is 1. The quantitative estimate of drug-likeness (QED) is 0.702. The van der Waals surface area contributed by atoms with Crippen molar-refractivity contribution in [2.24, 2.45) is 5.73 Å². The molecule has 4 N–H and O–H groups in total. The number of halogens is 1. The first kappa shape index (κ1) is 14.7. The number of amides is 1. The number of hydrogen-bond acceptors (Lipinski definition) is 3. The predicted octanol–water partition coefficient (Wildman–Crippen LogP) is 2.21. The molecule has 0 unspecified atom stereocenters. The van der Waals surface area contributed by atoms with Gasteiger partial charge in [0.15, 0.2) is 0 Å². The van der Waals surface area contributed by atoms with E-state index in [4.69, 9.17) is 10.8 Å². The molecule has 18 heavy (non-hydrogen) atoms. The van der Waals surface area contributed by atoms with Crippen LogP contribution in [0.3, 0.4) is 0 Å². The number of carboxylic acids is 1. The zero-order chi connectivity index (χ0) is 13.5. The van der Waals surface area contributed by atoms with Gasteiger partial charge in [-0.1, -0.05) is 0 Å². The molecule has 1 rings (SSSR count). The summed E-state index contributed by atoms with van der Waals surface area (Å²) in [7, 11) is 0. The SMILES string of the molecule is NCCCCC(=O)Nc1cc(C(=O)O)ccc1Br. The second-order valence-corrected chi connectivity index (χ2v) is 4.65. The van der Waals surface area contributed by atoms with Crippen LogP contribution in [0, 0.1) is 0 Å². The van der Waals surface area contributed by atoms with E-state index in [1.807, 2.05) is 0 Å². The van der Waals surface area contributed by atoms with Crippen LogP contribution in [0.4, 0.5) is 5.69 Å². The monoisotopic (exact) mass is 314 g/mol. The molecule has 5 nitrogen and oxygen atoms in total. The third-order valence-corrected chi connectivity index (χ3v) is 3.04. The number of unbranched alkanes of at least 4 members (excludes halogenated alkanes) is 1. The summed E-state index contributed by atoms with van der Waals surface area (Å²) < 4.78 is 0.652. The average Bonchev–Trinajstić information content (AvgIpc) is 2.32. The van der Waals surface area contributed by atoms with Gasteiger partial charge in [0.25, 0.3) is 0 Å². The number of carboxylic acid groups (broad SMARTS) is 1. The molecule has 1 aromatic carbocycles. The molecule has 0 heterocycles. The van der Waals surface area contributed by atoms with Gasteiger partial charge >= 0.3 is 5.97 Å². The summed E-state index contributed by atoms with van der Waals surface area (Å²) in [6, 6.07) is 4.49. The Hall–Kier alpha value is -1.40. The summed E-state index contributed by atoms with van der Waals surface area (Å²) in [5, 5.41) is 11.5. The zero-order valence-electron chi connectivity index (χ0n) is 9.78. The van der Waals surface area contributed by atoms with Crippen molar-refractivity contribution in [1.29, 1.82) is 0 Å². The molecule has 0 aromatic heterocycles. The highest BCUT2D eigenvalue weighted by atomic mass is 79.9. The highest BCUT2D eigenvalue weighted by Crippen LogP contribution is 2.24. The number of nitrogens with one attached hydrogen (secondary N) is 1. The Kier molecular flexibility index (Phi) is 5.80. The van der Waals surface area contributed by atoms with Crippen molar-refractivity contribution in [2.45, 2.75) is 19.3 Å². The largest absolute Gasteiger partial charge is 0.478 e. The van der Waals surface area contributed by atoms with Crippen molar-refractivity contribution >= 4 is 33.5 Å².